The SMILES string of the molecule is CC1=CCCCC1C(=O)O.Cl. The number of carboxylic acids is 1. The van der Waals surface area contributed by atoms with Crippen LogP contribution in [-0.2, 0) is 4.79 Å². The molecule has 1 aliphatic rings. The number of hydrogen-bond donors (Lipinski definition) is 1. The van der Waals surface area contributed by atoms with Crippen LogP contribution in [0.25, 0.3) is 0 Å². The molecule has 2 nitrogen and oxygen atoms in total. The summed E-state index contributed by atoms with van der Waals surface area (Å²) in [5.74, 6) is -0.873. The molecule has 0 amide bonds. The summed E-state index contributed by atoms with van der Waals surface area (Å²) in [6.45, 7) is 1.90. The Balaban J connectivity index is 0.000001000. The van der Waals surface area contributed by atoms with Crippen molar-refractivity contribution in [2.45, 2.75) is 26.2 Å². The van der Waals surface area contributed by atoms with Crippen LogP contribution in [0.2, 0.25) is 0 Å². The quantitative estimate of drug-likeness (QED) is 0.623. The van der Waals surface area contributed by atoms with Crippen molar-refractivity contribution in [1.82, 2.24) is 0 Å². The van der Waals surface area contributed by atoms with Gasteiger partial charge in [0.1, 0.15) is 0 Å². The summed E-state index contributed by atoms with van der Waals surface area (Å²) in [5.41, 5.74) is 1.03. The average Bonchev–Trinajstić information content (AvgIpc) is 1.88. The monoisotopic (exact) mass is 176 g/mol. The molecule has 0 aromatic heterocycles. The summed E-state index contributed by atoms with van der Waals surface area (Å²) in [5, 5.41) is 8.67. The van der Waals surface area contributed by atoms with E-state index in [9.17, 15) is 4.79 Å². The highest BCUT2D eigenvalue weighted by atomic mass is 35.5. The van der Waals surface area contributed by atoms with Crippen molar-refractivity contribution in [3.63, 3.8) is 0 Å². The molecule has 64 valence electrons. The number of halogens is 1. The third-order valence-corrected chi connectivity index (χ3v) is 2.01. The molecule has 0 saturated heterocycles. The minimum absolute atomic E-state index is 0. The number of hydrogen-bond acceptors (Lipinski definition) is 1. The Kier molecular flexibility index (Phi) is 4.19. The van der Waals surface area contributed by atoms with Crippen LogP contribution in [0, 0.1) is 5.92 Å². The Labute approximate surface area is 72.7 Å². The lowest BCUT2D eigenvalue weighted by atomic mass is 9.89. The molecule has 1 atom stereocenters. The van der Waals surface area contributed by atoms with Gasteiger partial charge >= 0.3 is 5.97 Å². The van der Waals surface area contributed by atoms with Gasteiger partial charge in [0, 0.05) is 0 Å². The van der Waals surface area contributed by atoms with Gasteiger partial charge in [-0.15, -0.1) is 12.4 Å². The van der Waals surface area contributed by atoms with E-state index in [0.29, 0.717) is 0 Å². The molecule has 0 fully saturated rings. The Hall–Kier alpha value is -0.500. The van der Waals surface area contributed by atoms with Gasteiger partial charge in [-0.2, -0.15) is 0 Å². The Morgan fingerprint density at radius 3 is 2.73 bits per heavy atom. The number of carboxylic acid groups (broad SMARTS) is 1. The first-order valence-electron chi connectivity index (χ1n) is 3.61. The van der Waals surface area contributed by atoms with Gasteiger partial charge in [-0.1, -0.05) is 11.6 Å². The Morgan fingerprint density at radius 1 is 1.73 bits per heavy atom. The van der Waals surface area contributed by atoms with Crippen LogP contribution in [0.15, 0.2) is 11.6 Å². The number of carbonyl (C=O) groups is 1. The normalized spacial score (nSPS) is 23.4. The van der Waals surface area contributed by atoms with Gasteiger partial charge in [-0.05, 0) is 26.2 Å². The Bertz CT molecular complexity index is 175. The van der Waals surface area contributed by atoms with Crippen LogP contribution < -0.4 is 0 Å². The lowest BCUT2D eigenvalue weighted by Crippen LogP contribution is -2.16. The van der Waals surface area contributed by atoms with E-state index in [1.54, 1.807) is 0 Å². The summed E-state index contributed by atoms with van der Waals surface area (Å²) < 4.78 is 0. The fraction of sp³-hybridized carbons (Fsp3) is 0.625. The summed E-state index contributed by atoms with van der Waals surface area (Å²) >= 11 is 0. The van der Waals surface area contributed by atoms with Crippen molar-refractivity contribution in [2.75, 3.05) is 0 Å². The second-order valence-electron chi connectivity index (χ2n) is 2.77. The van der Waals surface area contributed by atoms with Gasteiger partial charge in [0.15, 0.2) is 0 Å². The average molecular weight is 177 g/mol. The zero-order chi connectivity index (χ0) is 7.56. The summed E-state index contributed by atoms with van der Waals surface area (Å²) in [7, 11) is 0. The highest BCUT2D eigenvalue weighted by Gasteiger charge is 2.20. The molecule has 0 radical (unpaired) electrons. The number of rotatable bonds is 1. The first-order chi connectivity index (χ1) is 4.72. The highest BCUT2D eigenvalue weighted by Crippen LogP contribution is 2.23. The second kappa shape index (κ2) is 4.39. The lowest BCUT2D eigenvalue weighted by molar-refractivity contribution is -0.140. The third-order valence-electron chi connectivity index (χ3n) is 2.01. The number of aliphatic carboxylic acids is 1. The van der Waals surface area contributed by atoms with Crippen molar-refractivity contribution in [3.8, 4) is 0 Å². The molecule has 1 N–H and O–H groups in total. The Morgan fingerprint density at radius 2 is 2.36 bits per heavy atom. The third kappa shape index (κ3) is 2.54. The first-order valence-corrected chi connectivity index (χ1v) is 3.61. The fourth-order valence-electron chi connectivity index (χ4n) is 1.34. The van der Waals surface area contributed by atoms with Crippen molar-refractivity contribution in [1.29, 1.82) is 0 Å². The largest absolute Gasteiger partial charge is 0.481 e. The maximum Gasteiger partial charge on any atom is 0.310 e. The molecule has 0 saturated carbocycles. The van der Waals surface area contributed by atoms with Crippen LogP contribution >= 0.6 is 12.4 Å². The van der Waals surface area contributed by atoms with Gasteiger partial charge in [0.05, 0.1) is 5.92 Å². The maximum absolute atomic E-state index is 10.5. The van der Waals surface area contributed by atoms with E-state index in [4.69, 9.17) is 5.11 Å². The predicted molar refractivity (Wildman–Crippen MR) is 46.0 cm³/mol. The molecule has 0 heterocycles. The molecular weight excluding hydrogens is 164 g/mol. The molecule has 0 aromatic rings. The molecule has 0 bridgehead atoms. The summed E-state index contributed by atoms with van der Waals surface area (Å²) in [4.78, 5) is 10.5. The standard InChI is InChI=1S/C8H12O2.ClH/c1-6-4-2-3-5-7(6)8(9)10;/h4,7H,2-3,5H2,1H3,(H,9,10);1H. The molecular formula is C8H13ClO2. The van der Waals surface area contributed by atoms with Crippen LogP contribution in [-0.4, -0.2) is 11.1 Å². The summed E-state index contributed by atoms with van der Waals surface area (Å²) in [6.07, 6.45) is 4.92. The highest BCUT2D eigenvalue weighted by molar-refractivity contribution is 5.85. The van der Waals surface area contributed by atoms with Crippen molar-refractivity contribution >= 4 is 18.4 Å². The summed E-state index contributed by atoms with van der Waals surface area (Å²) in [6, 6.07) is 0. The maximum atomic E-state index is 10.5. The van der Waals surface area contributed by atoms with E-state index in [2.05, 4.69) is 0 Å². The van der Waals surface area contributed by atoms with E-state index >= 15 is 0 Å². The van der Waals surface area contributed by atoms with E-state index in [1.165, 1.54) is 0 Å². The van der Waals surface area contributed by atoms with E-state index < -0.39 is 5.97 Å². The molecule has 0 spiro atoms. The van der Waals surface area contributed by atoms with Gasteiger partial charge in [0.25, 0.3) is 0 Å². The zero-order valence-corrected chi connectivity index (χ0v) is 7.36. The molecule has 0 aromatic carbocycles. The zero-order valence-electron chi connectivity index (χ0n) is 6.54. The smallest absolute Gasteiger partial charge is 0.310 e. The van der Waals surface area contributed by atoms with Crippen LogP contribution in [0.3, 0.4) is 0 Å². The lowest BCUT2D eigenvalue weighted by Gasteiger charge is -2.16. The molecule has 1 unspecified atom stereocenters. The molecule has 0 aliphatic heterocycles. The van der Waals surface area contributed by atoms with E-state index in [0.717, 1.165) is 24.8 Å². The van der Waals surface area contributed by atoms with Crippen molar-refractivity contribution < 1.29 is 9.90 Å². The van der Waals surface area contributed by atoms with E-state index in [-0.39, 0.29) is 18.3 Å². The minimum atomic E-state index is -0.673. The van der Waals surface area contributed by atoms with Gasteiger partial charge in [-0.25, -0.2) is 0 Å². The first kappa shape index (κ1) is 10.5. The molecule has 1 rings (SSSR count). The molecule has 1 aliphatic carbocycles. The fourth-order valence-corrected chi connectivity index (χ4v) is 1.34. The van der Waals surface area contributed by atoms with E-state index in [1.807, 2.05) is 13.0 Å². The van der Waals surface area contributed by atoms with Crippen molar-refractivity contribution in [2.24, 2.45) is 5.92 Å². The second-order valence-corrected chi connectivity index (χ2v) is 2.77. The number of allylic oxidation sites excluding steroid dienone is 1. The van der Waals surface area contributed by atoms with Crippen LogP contribution in [0.4, 0.5) is 0 Å². The van der Waals surface area contributed by atoms with Gasteiger partial charge in [-0.3, -0.25) is 4.79 Å². The van der Waals surface area contributed by atoms with Gasteiger partial charge < -0.3 is 5.11 Å². The van der Waals surface area contributed by atoms with Crippen LogP contribution in [0.1, 0.15) is 26.2 Å². The van der Waals surface area contributed by atoms with Crippen molar-refractivity contribution in [3.05, 3.63) is 11.6 Å². The topological polar surface area (TPSA) is 37.3 Å². The minimum Gasteiger partial charge on any atom is -0.481 e. The predicted octanol–water partition coefficient (Wildman–Crippen LogP) is 2.24. The molecule has 11 heavy (non-hydrogen) atoms. The molecule has 3 heteroatoms. The van der Waals surface area contributed by atoms with Gasteiger partial charge in [0.2, 0.25) is 0 Å². The van der Waals surface area contributed by atoms with Crippen LogP contribution in [0.5, 0.6) is 0 Å².